The molecular formula is C12H8F3NO2. The maximum absolute atomic E-state index is 12.8. The van der Waals surface area contributed by atoms with Crippen molar-refractivity contribution in [1.29, 1.82) is 0 Å². The van der Waals surface area contributed by atoms with Crippen LogP contribution in [0.15, 0.2) is 42.7 Å². The van der Waals surface area contributed by atoms with Gasteiger partial charge in [0.1, 0.15) is 0 Å². The predicted octanol–water partition coefficient (Wildman–Crippen LogP) is 3.19. The van der Waals surface area contributed by atoms with E-state index in [-0.39, 0.29) is 5.69 Å². The number of halogens is 3. The van der Waals surface area contributed by atoms with Gasteiger partial charge >= 0.3 is 12.1 Å². The Morgan fingerprint density at radius 2 is 1.72 bits per heavy atom. The summed E-state index contributed by atoms with van der Waals surface area (Å²) in [5.41, 5.74) is -1.91. The molecule has 3 nitrogen and oxygen atoms in total. The summed E-state index contributed by atoms with van der Waals surface area (Å²) in [6, 6.07) is 6.48. The Morgan fingerprint density at radius 1 is 1.11 bits per heavy atom. The standard InChI is InChI=1S/C12H8F3NO2/c13-12(14,15)8-4-3-5-9(10(8)11(17)18)16-6-1-2-7-16/h1-7H,(H,17,18). The quantitative estimate of drug-likeness (QED) is 0.895. The van der Waals surface area contributed by atoms with Crippen LogP contribution in [0.4, 0.5) is 13.2 Å². The van der Waals surface area contributed by atoms with Crippen LogP contribution < -0.4 is 0 Å². The first-order valence-electron chi connectivity index (χ1n) is 4.98. The van der Waals surface area contributed by atoms with Gasteiger partial charge in [-0.1, -0.05) is 6.07 Å². The number of hydrogen-bond donors (Lipinski definition) is 1. The molecule has 0 saturated carbocycles. The van der Waals surface area contributed by atoms with Crippen molar-refractivity contribution in [2.75, 3.05) is 0 Å². The monoisotopic (exact) mass is 255 g/mol. The van der Waals surface area contributed by atoms with Crippen LogP contribution in [0, 0.1) is 0 Å². The third-order valence-corrected chi connectivity index (χ3v) is 2.44. The lowest BCUT2D eigenvalue weighted by molar-refractivity contribution is -0.138. The molecule has 1 aromatic heterocycles. The van der Waals surface area contributed by atoms with Crippen LogP contribution in [-0.2, 0) is 6.18 Å². The molecule has 0 saturated heterocycles. The molecule has 0 aliphatic carbocycles. The minimum atomic E-state index is -4.70. The summed E-state index contributed by atoms with van der Waals surface area (Å²) in [4.78, 5) is 11.1. The molecule has 2 rings (SSSR count). The summed E-state index contributed by atoms with van der Waals surface area (Å²) in [5.74, 6) is -1.60. The highest BCUT2D eigenvalue weighted by molar-refractivity contribution is 5.94. The van der Waals surface area contributed by atoms with Crippen molar-refractivity contribution in [3.63, 3.8) is 0 Å². The molecular weight excluding hydrogens is 247 g/mol. The van der Waals surface area contributed by atoms with Gasteiger partial charge in [-0.2, -0.15) is 13.2 Å². The number of aromatic carboxylic acids is 1. The summed E-state index contributed by atoms with van der Waals surface area (Å²) in [6.45, 7) is 0. The first-order valence-corrected chi connectivity index (χ1v) is 4.98. The predicted molar refractivity (Wildman–Crippen MR) is 57.7 cm³/mol. The minimum absolute atomic E-state index is 0.0117. The van der Waals surface area contributed by atoms with Gasteiger partial charge in [-0.25, -0.2) is 4.79 Å². The Labute approximate surface area is 100 Å². The summed E-state index contributed by atoms with van der Waals surface area (Å²) < 4.78 is 39.6. The van der Waals surface area contributed by atoms with Gasteiger partial charge in [0, 0.05) is 12.4 Å². The summed E-state index contributed by atoms with van der Waals surface area (Å²) in [6.07, 6.45) is -1.72. The van der Waals surface area contributed by atoms with Crippen molar-refractivity contribution in [2.24, 2.45) is 0 Å². The molecule has 18 heavy (non-hydrogen) atoms. The van der Waals surface area contributed by atoms with Crippen molar-refractivity contribution >= 4 is 5.97 Å². The molecule has 0 fully saturated rings. The molecule has 1 N–H and O–H groups in total. The van der Waals surface area contributed by atoms with Gasteiger partial charge in [0.15, 0.2) is 0 Å². The van der Waals surface area contributed by atoms with E-state index >= 15 is 0 Å². The van der Waals surface area contributed by atoms with E-state index in [2.05, 4.69) is 0 Å². The molecule has 6 heteroatoms. The second-order valence-corrected chi connectivity index (χ2v) is 3.59. The molecule has 0 radical (unpaired) electrons. The van der Waals surface area contributed by atoms with Crippen molar-refractivity contribution in [3.8, 4) is 5.69 Å². The zero-order valence-electron chi connectivity index (χ0n) is 8.98. The van der Waals surface area contributed by atoms with Crippen LogP contribution in [0.2, 0.25) is 0 Å². The van der Waals surface area contributed by atoms with Gasteiger partial charge in [-0.15, -0.1) is 0 Å². The number of hydrogen-bond acceptors (Lipinski definition) is 1. The number of rotatable bonds is 2. The number of carboxylic acid groups (broad SMARTS) is 1. The Bertz CT molecular complexity index is 574. The Hall–Kier alpha value is -2.24. The molecule has 1 heterocycles. The van der Waals surface area contributed by atoms with E-state index < -0.39 is 23.3 Å². The number of carbonyl (C=O) groups is 1. The van der Waals surface area contributed by atoms with Crippen molar-refractivity contribution in [3.05, 3.63) is 53.9 Å². The normalized spacial score (nSPS) is 11.5. The number of alkyl halides is 3. The highest BCUT2D eigenvalue weighted by atomic mass is 19.4. The zero-order chi connectivity index (χ0) is 13.3. The average molecular weight is 255 g/mol. The fourth-order valence-corrected chi connectivity index (χ4v) is 1.71. The molecule has 0 aliphatic rings. The molecule has 0 aliphatic heterocycles. The molecule has 2 aromatic rings. The third kappa shape index (κ3) is 2.09. The number of carboxylic acids is 1. The van der Waals surface area contributed by atoms with Gasteiger partial charge in [-0.3, -0.25) is 0 Å². The van der Waals surface area contributed by atoms with E-state index in [4.69, 9.17) is 5.11 Å². The van der Waals surface area contributed by atoms with Crippen molar-refractivity contribution in [2.45, 2.75) is 6.18 Å². The molecule has 1 aromatic carbocycles. The zero-order valence-corrected chi connectivity index (χ0v) is 8.98. The van der Waals surface area contributed by atoms with Crippen LogP contribution in [0.25, 0.3) is 5.69 Å². The fraction of sp³-hybridized carbons (Fsp3) is 0.0833. The van der Waals surface area contributed by atoms with E-state index in [1.807, 2.05) is 0 Å². The van der Waals surface area contributed by atoms with Crippen LogP contribution in [0.1, 0.15) is 15.9 Å². The molecule has 0 unspecified atom stereocenters. The molecule has 0 atom stereocenters. The van der Waals surface area contributed by atoms with Crippen LogP contribution >= 0.6 is 0 Å². The lowest BCUT2D eigenvalue weighted by atomic mass is 10.0. The first kappa shape index (κ1) is 12.2. The van der Waals surface area contributed by atoms with E-state index in [0.717, 1.165) is 6.07 Å². The first-order chi connectivity index (χ1) is 8.41. The van der Waals surface area contributed by atoms with Gasteiger partial charge < -0.3 is 9.67 Å². The largest absolute Gasteiger partial charge is 0.478 e. The summed E-state index contributed by atoms with van der Waals surface area (Å²) >= 11 is 0. The van der Waals surface area contributed by atoms with Crippen LogP contribution in [0.5, 0.6) is 0 Å². The second kappa shape index (κ2) is 4.21. The van der Waals surface area contributed by atoms with E-state index in [1.54, 1.807) is 12.1 Å². The highest BCUT2D eigenvalue weighted by Gasteiger charge is 2.36. The molecule has 0 spiro atoms. The minimum Gasteiger partial charge on any atom is -0.478 e. The van der Waals surface area contributed by atoms with E-state index in [9.17, 15) is 18.0 Å². The van der Waals surface area contributed by atoms with E-state index in [1.165, 1.54) is 29.1 Å². The number of nitrogens with zero attached hydrogens (tertiary/aromatic N) is 1. The lowest BCUT2D eigenvalue weighted by Gasteiger charge is -2.14. The topological polar surface area (TPSA) is 42.2 Å². The number of aromatic nitrogens is 1. The smallest absolute Gasteiger partial charge is 0.417 e. The Morgan fingerprint density at radius 3 is 2.22 bits per heavy atom. The second-order valence-electron chi connectivity index (χ2n) is 3.59. The maximum Gasteiger partial charge on any atom is 0.417 e. The van der Waals surface area contributed by atoms with Crippen molar-refractivity contribution in [1.82, 2.24) is 4.57 Å². The average Bonchev–Trinajstić information content (AvgIpc) is 2.80. The van der Waals surface area contributed by atoms with E-state index in [0.29, 0.717) is 0 Å². The van der Waals surface area contributed by atoms with Gasteiger partial charge in [0.25, 0.3) is 0 Å². The molecule has 94 valence electrons. The van der Waals surface area contributed by atoms with Crippen LogP contribution in [-0.4, -0.2) is 15.6 Å². The van der Waals surface area contributed by atoms with Crippen molar-refractivity contribution < 1.29 is 23.1 Å². The fourth-order valence-electron chi connectivity index (χ4n) is 1.71. The van der Waals surface area contributed by atoms with Gasteiger partial charge in [-0.05, 0) is 24.3 Å². The van der Waals surface area contributed by atoms with Gasteiger partial charge in [0.05, 0.1) is 16.8 Å². The Kier molecular flexibility index (Phi) is 2.86. The lowest BCUT2D eigenvalue weighted by Crippen LogP contribution is -2.15. The van der Waals surface area contributed by atoms with Gasteiger partial charge in [0.2, 0.25) is 0 Å². The maximum atomic E-state index is 12.8. The molecule has 0 amide bonds. The summed E-state index contributed by atoms with van der Waals surface area (Å²) in [5, 5.41) is 9.00. The Balaban J connectivity index is 2.72. The summed E-state index contributed by atoms with van der Waals surface area (Å²) in [7, 11) is 0. The number of benzene rings is 1. The third-order valence-electron chi connectivity index (χ3n) is 2.44. The van der Waals surface area contributed by atoms with Crippen LogP contribution in [0.3, 0.4) is 0 Å². The molecule has 0 bridgehead atoms. The highest BCUT2D eigenvalue weighted by Crippen LogP contribution is 2.34. The SMILES string of the molecule is O=C(O)c1c(-n2cccc2)cccc1C(F)(F)F.